The number of rotatable bonds is 7. The lowest BCUT2D eigenvalue weighted by Crippen LogP contribution is -2.48. The molecule has 38 heavy (non-hydrogen) atoms. The summed E-state index contributed by atoms with van der Waals surface area (Å²) in [7, 11) is 0. The van der Waals surface area contributed by atoms with Crippen molar-refractivity contribution in [3.05, 3.63) is 82.5 Å². The second-order valence-corrected chi connectivity index (χ2v) is 11.4. The molecule has 7 nitrogen and oxygen atoms in total. The molecule has 2 fully saturated rings. The van der Waals surface area contributed by atoms with Crippen LogP contribution in [0, 0.1) is 0 Å². The highest BCUT2D eigenvalue weighted by Crippen LogP contribution is 2.26. The molecule has 3 heterocycles. The summed E-state index contributed by atoms with van der Waals surface area (Å²) < 4.78 is 5.78. The highest BCUT2D eigenvalue weighted by Gasteiger charge is 2.26. The summed E-state index contributed by atoms with van der Waals surface area (Å²) in [4.78, 5) is 29.0. The monoisotopic (exact) mass is 551 g/mol. The van der Waals surface area contributed by atoms with Gasteiger partial charge in [0.1, 0.15) is 11.0 Å². The van der Waals surface area contributed by atoms with Gasteiger partial charge in [0.2, 0.25) is 0 Å². The molecule has 0 N–H and O–H groups in total. The Bertz CT molecular complexity index is 1230. The molecule has 0 aliphatic carbocycles. The van der Waals surface area contributed by atoms with Crippen molar-refractivity contribution in [1.29, 1.82) is 0 Å². The van der Waals surface area contributed by atoms with E-state index in [-0.39, 0.29) is 18.1 Å². The van der Waals surface area contributed by atoms with Crippen molar-refractivity contribution in [2.24, 2.45) is 0 Å². The maximum Gasteiger partial charge on any atom is 0.254 e. The zero-order chi connectivity index (χ0) is 26.5. The van der Waals surface area contributed by atoms with Gasteiger partial charge in [-0.15, -0.1) is 0 Å². The van der Waals surface area contributed by atoms with Crippen LogP contribution < -0.4 is 4.90 Å². The number of carbonyl (C=O) groups excluding carboxylic acids is 1. The smallest absolute Gasteiger partial charge is 0.254 e. The van der Waals surface area contributed by atoms with Crippen LogP contribution in [0.5, 0.6) is 0 Å². The van der Waals surface area contributed by atoms with E-state index in [0.717, 1.165) is 44.1 Å². The van der Waals surface area contributed by atoms with Crippen LogP contribution >= 0.6 is 23.4 Å². The van der Waals surface area contributed by atoms with Crippen LogP contribution in [0.15, 0.2) is 65.8 Å². The maximum absolute atomic E-state index is 13.1. The third-order valence-corrected chi connectivity index (χ3v) is 7.97. The quantitative estimate of drug-likeness (QED) is 0.233. The van der Waals surface area contributed by atoms with Gasteiger partial charge in [0.25, 0.3) is 5.91 Å². The number of anilines is 1. The van der Waals surface area contributed by atoms with E-state index >= 15 is 0 Å². The van der Waals surface area contributed by atoms with E-state index in [1.165, 1.54) is 17.3 Å². The fraction of sp³-hybridized carbons (Fsp3) is 0.414. The molecule has 2 atom stereocenters. The zero-order valence-electron chi connectivity index (χ0n) is 21.9. The van der Waals surface area contributed by atoms with Crippen molar-refractivity contribution in [2.75, 3.05) is 44.2 Å². The summed E-state index contributed by atoms with van der Waals surface area (Å²) in [6.45, 7) is 9.94. The summed E-state index contributed by atoms with van der Waals surface area (Å²) in [6, 6.07) is 20.3. The SMILES string of the molecule is CC1CN(C(=O)c2cccc(CSc3nc(Cl)cc(N4CCN(Cc5ccccc5)CC4)n3)c2)CC(C)O1. The molecule has 0 bridgehead atoms. The van der Waals surface area contributed by atoms with Crippen molar-refractivity contribution in [2.45, 2.75) is 43.5 Å². The lowest BCUT2D eigenvalue weighted by Gasteiger charge is -2.35. The summed E-state index contributed by atoms with van der Waals surface area (Å²) in [5.41, 5.74) is 3.09. The third-order valence-electron chi connectivity index (χ3n) is 6.85. The molecule has 3 aromatic rings. The minimum Gasteiger partial charge on any atom is -0.372 e. The Balaban J connectivity index is 1.18. The highest BCUT2D eigenvalue weighted by molar-refractivity contribution is 7.98. The van der Waals surface area contributed by atoms with Crippen LogP contribution in [-0.2, 0) is 17.0 Å². The molecule has 0 saturated carbocycles. The third kappa shape index (κ3) is 7.05. The largest absolute Gasteiger partial charge is 0.372 e. The van der Waals surface area contributed by atoms with E-state index in [0.29, 0.717) is 34.7 Å². The lowest BCUT2D eigenvalue weighted by atomic mass is 10.1. The summed E-state index contributed by atoms with van der Waals surface area (Å²) >= 11 is 7.94. The van der Waals surface area contributed by atoms with Gasteiger partial charge in [-0.1, -0.05) is 65.8 Å². The van der Waals surface area contributed by atoms with Crippen LogP contribution in [0.2, 0.25) is 5.15 Å². The van der Waals surface area contributed by atoms with Gasteiger partial charge in [-0.25, -0.2) is 9.97 Å². The predicted octanol–water partition coefficient (Wildman–Crippen LogP) is 4.99. The van der Waals surface area contributed by atoms with Gasteiger partial charge < -0.3 is 14.5 Å². The summed E-state index contributed by atoms with van der Waals surface area (Å²) in [5.74, 6) is 1.57. The molecule has 2 unspecified atom stereocenters. The van der Waals surface area contributed by atoms with Crippen molar-refractivity contribution in [3.63, 3.8) is 0 Å². The van der Waals surface area contributed by atoms with E-state index in [2.05, 4.69) is 45.1 Å². The number of amides is 1. The number of hydrogen-bond donors (Lipinski definition) is 0. The standard InChI is InChI=1S/C29H34ClN5O2S/c1-21-17-35(18-22(2)37-21)28(36)25-10-6-9-24(15-25)20-38-29-31-26(30)16-27(32-29)34-13-11-33(12-14-34)19-23-7-4-3-5-8-23/h3-10,15-16,21-22H,11-14,17-20H2,1-2H3. The fourth-order valence-electron chi connectivity index (χ4n) is 5.06. The highest BCUT2D eigenvalue weighted by atomic mass is 35.5. The van der Waals surface area contributed by atoms with Crippen LogP contribution in [-0.4, -0.2) is 77.2 Å². The van der Waals surface area contributed by atoms with Crippen molar-refractivity contribution < 1.29 is 9.53 Å². The number of carbonyl (C=O) groups is 1. The molecule has 2 aromatic carbocycles. The first-order valence-corrected chi connectivity index (χ1v) is 14.5. The number of halogens is 1. The Kier molecular flexibility index (Phi) is 8.84. The van der Waals surface area contributed by atoms with E-state index < -0.39 is 0 Å². The Labute approximate surface area is 234 Å². The van der Waals surface area contributed by atoms with Crippen molar-refractivity contribution >= 4 is 35.1 Å². The van der Waals surface area contributed by atoms with Gasteiger partial charge in [-0.2, -0.15) is 0 Å². The van der Waals surface area contributed by atoms with Crippen LogP contribution in [0.4, 0.5) is 5.82 Å². The summed E-state index contributed by atoms with van der Waals surface area (Å²) in [6.07, 6.45) is 0.0879. The minimum atomic E-state index is 0.0439. The molecule has 9 heteroatoms. The Morgan fingerprint density at radius 3 is 2.39 bits per heavy atom. The predicted molar refractivity (Wildman–Crippen MR) is 153 cm³/mol. The van der Waals surface area contributed by atoms with Gasteiger partial charge in [-0.05, 0) is 37.1 Å². The van der Waals surface area contributed by atoms with E-state index in [1.807, 2.05) is 49.1 Å². The molecule has 2 saturated heterocycles. The normalized spacial score (nSPS) is 20.5. The maximum atomic E-state index is 13.1. The number of benzene rings is 2. The number of nitrogens with zero attached hydrogens (tertiary/aromatic N) is 5. The number of thioether (sulfide) groups is 1. The summed E-state index contributed by atoms with van der Waals surface area (Å²) in [5, 5.41) is 1.09. The zero-order valence-corrected chi connectivity index (χ0v) is 23.5. The topological polar surface area (TPSA) is 61.8 Å². The first-order valence-electron chi connectivity index (χ1n) is 13.2. The van der Waals surface area contributed by atoms with Gasteiger partial charge in [-0.3, -0.25) is 9.69 Å². The van der Waals surface area contributed by atoms with Crippen molar-refractivity contribution in [1.82, 2.24) is 19.8 Å². The van der Waals surface area contributed by atoms with E-state index in [1.54, 1.807) is 0 Å². The fourth-order valence-corrected chi connectivity index (χ4v) is 6.08. The molecule has 1 aromatic heterocycles. The van der Waals surface area contributed by atoms with Gasteiger partial charge in [0.05, 0.1) is 12.2 Å². The van der Waals surface area contributed by atoms with Gasteiger partial charge >= 0.3 is 0 Å². The molecule has 1 amide bonds. The number of ether oxygens (including phenoxy) is 1. The van der Waals surface area contributed by atoms with Crippen LogP contribution in [0.3, 0.4) is 0 Å². The van der Waals surface area contributed by atoms with E-state index in [9.17, 15) is 4.79 Å². The first-order chi connectivity index (χ1) is 18.4. The molecule has 0 radical (unpaired) electrons. The number of hydrogen-bond acceptors (Lipinski definition) is 7. The molecule has 2 aliphatic heterocycles. The number of piperazine rings is 1. The second kappa shape index (κ2) is 12.5. The molecule has 200 valence electrons. The molecular formula is C29H34ClN5O2S. The van der Waals surface area contributed by atoms with E-state index in [4.69, 9.17) is 21.3 Å². The number of aromatic nitrogens is 2. The van der Waals surface area contributed by atoms with Crippen LogP contribution in [0.1, 0.15) is 35.3 Å². The van der Waals surface area contributed by atoms with Crippen molar-refractivity contribution in [3.8, 4) is 0 Å². The second-order valence-electron chi connectivity index (χ2n) is 10.0. The lowest BCUT2D eigenvalue weighted by molar-refractivity contribution is -0.0586. The molecule has 2 aliphatic rings. The Morgan fingerprint density at radius 1 is 0.947 bits per heavy atom. The average Bonchev–Trinajstić information content (AvgIpc) is 2.92. The molecular weight excluding hydrogens is 518 g/mol. The Morgan fingerprint density at radius 2 is 1.66 bits per heavy atom. The molecule has 5 rings (SSSR count). The van der Waals surface area contributed by atoms with Gasteiger partial charge in [0.15, 0.2) is 5.16 Å². The van der Waals surface area contributed by atoms with Crippen LogP contribution in [0.25, 0.3) is 0 Å². The Hall–Kier alpha value is -2.65. The average molecular weight is 552 g/mol. The minimum absolute atomic E-state index is 0.0439. The molecule has 0 spiro atoms. The number of morpholine rings is 1. The van der Waals surface area contributed by atoms with Gasteiger partial charge in [0, 0.05) is 63.2 Å². The first kappa shape index (κ1) is 26.9.